The molecule has 12 rings (SSSR count). The molecule has 0 spiro atoms. The summed E-state index contributed by atoms with van der Waals surface area (Å²) in [5.41, 5.74) is 19.9. The Morgan fingerprint density at radius 3 is 0.962 bits per heavy atom. The lowest BCUT2D eigenvalue weighted by atomic mass is 9.93. The Morgan fingerprint density at radius 1 is 0.321 bits per heavy atom. The molecule has 378 valence electrons. The monoisotopic (exact) mass is 1020 g/mol. The van der Waals surface area contributed by atoms with Crippen LogP contribution >= 0.6 is 0 Å². The molecule has 0 saturated carbocycles. The van der Waals surface area contributed by atoms with Crippen molar-refractivity contribution < 1.29 is 13.2 Å². The molecule has 0 aliphatic rings. The number of alkyl halides is 3. The van der Waals surface area contributed by atoms with Crippen LogP contribution in [0.1, 0.15) is 61.2 Å². The molecule has 0 amide bonds. The highest BCUT2D eigenvalue weighted by molar-refractivity contribution is 6.13. The maximum absolute atomic E-state index is 15.9. The van der Waals surface area contributed by atoms with E-state index in [4.69, 9.17) is 0 Å². The Labute approximate surface area is 452 Å². The molecule has 10 aromatic carbocycles. The van der Waals surface area contributed by atoms with Crippen LogP contribution in [-0.2, 0) is 6.18 Å². The van der Waals surface area contributed by atoms with Crippen LogP contribution in [0.3, 0.4) is 0 Å². The zero-order valence-electron chi connectivity index (χ0n) is 44.7. The summed E-state index contributed by atoms with van der Waals surface area (Å²) in [6, 6.07) is 62.9. The minimum Gasteiger partial charge on any atom is -0.309 e. The van der Waals surface area contributed by atoms with Crippen molar-refractivity contribution in [3.8, 4) is 79.1 Å². The molecule has 2 aromatic heterocycles. The van der Waals surface area contributed by atoms with Gasteiger partial charge in [-0.25, -0.2) is 0 Å². The quantitative estimate of drug-likeness (QED) is 0.160. The SMILES string of the molecule is Cc1cc(C)cc(-c2ccc3c4ccc(-c5cc(C)cc(C)c5)cc4n(-c4cc(-c5ccc(C#N)cc5C(F)(F)F)c(-n5c6cc(-c7cc(C)cc(C)c7)ccc6c6ccc(-c7cc(C)cc(C)c7)cc65)cc4C#N)c3c2)c1. The molecule has 0 saturated heterocycles. The number of hydrogen-bond donors (Lipinski definition) is 0. The van der Waals surface area contributed by atoms with Crippen LogP contribution in [0.15, 0.2) is 176 Å². The van der Waals surface area contributed by atoms with Gasteiger partial charge < -0.3 is 9.13 Å². The molecule has 78 heavy (non-hydrogen) atoms. The lowest BCUT2D eigenvalue weighted by Gasteiger charge is -2.21. The summed E-state index contributed by atoms with van der Waals surface area (Å²) < 4.78 is 51.9. The van der Waals surface area contributed by atoms with Gasteiger partial charge in [-0.1, -0.05) is 172 Å². The number of aromatic nitrogens is 2. The standard InChI is InChI=1S/C71H53F3N4/c1-40-19-41(2)24-53(23-40)49-10-15-59-60-16-11-50(54-25-42(3)20-43(4)26-54)33-67(60)77(66(59)32-49)65-37-63(58-14-9-48(38-75)31-64(58)71(72,73)74)70(36-57(65)39-76)78-68-34-51(55-27-44(5)21-45(6)28-55)12-17-61(68)62-18-13-52(35-69(62)78)56-29-46(7)22-47(8)30-56/h9-37H,1-8H3. The minimum atomic E-state index is -4.87. The number of benzene rings is 10. The van der Waals surface area contributed by atoms with Gasteiger partial charge in [-0.3, -0.25) is 0 Å². The third-order valence-electron chi connectivity index (χ3n) is 15.2. The van der Waals surface area contributed by atoms with Crippen molar-refractivity contribution >= 4 is 43.6 Å². The number of rotatable bonds is 7. The number of aryl methyl sites for hydroxylation is 8. The lowest BCUT2D eigenvalue weighted by molar-refractivity contribution is -0.137. The molecule has 0 unspecified atom stereocenters. The van der Waals surface area contributed by atoms with Gasteiger partial charge >= 0.3 is 6.18 Å². The lowest BCUT2D eigenvalue weighted by Crippen LogP contribution is -2.10. The van der Waals surface area contributed by atoms with E-state index in [0.29, 0.717) is 11.4 Å². The van der Waals surface area contributed by atoms with Crippen LogP contribution in [0.5, 0.6) is 0 Å². The zero-order valence-corrected chi connectivity index (χ0v) is 44.7. The summed E-state index contributed by atoms with van der Waals surface area (Å²) in [6.45, 7) is 16.6. The van der Waals surface area contributed by atoms with Gasteiger partial charge in [0, 0.05) is 27.1 Å². The van der Waals surface area contributed by atoms with Gasteiger partial charge in [0.15, 0.2) is 0 Å². The highest BCUT2D eigenvalue weighted by Gasteiger charge is 2.36. The van der Waals surface area contributed by atoms with Gasteiger partial charge in [-0.15, -0.1) is 0 Å². The molecule has 7 heteroatoms. The van der Waals surface area contributed by atoms with Crippen molar-refractivity contribution in [3.05, 3.63) is 237 Å². The minimum absolute atomic E-state index is 0.116. The maximum Gasteiger partial charge on any atom is 0.417 e. The number of nitriles is 2. The van der Waals surface area contributed by atoms with E-state index in [0.717, 1.165) is 139 Å². The van der Waals surface area contributed by atoms with E-state index in [1.165, 1.54) is 12.1 Å². The normalized spacial score (nSPS) is 11.8. The van der Waals surface area contributed by atoms with Crippen LogP contribution in [0.2, 0.25) is 0 Å². The zero-order chi connectivity index (χ0) is 54.5. The number of fused-ring (bicyclic) bond motifs is 6. The predicted molar refractivity (Wildman–Crippen MR) is 315 cm³/mol. The Morgan fingerprint density at radius 2 is 0.654 bits per heavy atom. The maximum atomic E-state index is 15.9. The Kier molecular flexibility index (Phi) is 11.8. The molecule has 2 heterocycles. The number of hydrogen-bond acceptors (Lipinski definition) is 2. The molecule has 12 aromatic rings. The highest BCUT2D eigenvalue weighted by Crippen LogP contribution is 2.47. The number of halogens is 3. The summed E-state index contributed by atoms with van der Waals surface area (Å²) in [5.74, 6) is 0. The second-order valence-electron chi connectivity index (χ2n) is 21.5. The second-order valence-corrected chi connectivity index (χ2v) is 21.5. The number of nitrogens with zero attached hydrogens (tertiary/aromatic N) is 4. The Hall–Kier alpha value is -9.43. The molecule has 0 fully saturated rings. The molecule has 0 atom stereocenters. The predicted octanol–water partition coefficient (Wildman–Crippen LogP) is 19.4. The fourth-order valence-corrected chi connectivity index (χ4v) is 12.2. The van der Waals surface area contributed by atoms with Crippen LogP contribution in [-0.4, -0.2) is 9.13 Å². The molecule has 0 aliphatic carbocycles. The van der Waals surface area contributed by atoms with Gasteiger partial charge in [-0.2, -0.15) is 23.7 Å². The molecule has 0 bridgehead atoms. The van der Waals surface area contributed by atoms with Crippen molar-refractivity contribution in [1.29, 1.82) is 10.5 Å². The van der Waals surface area contributed by atoms with Crippen molar-refractivity contribution in [2.24, 2.45) is 0 Å². The second kappa shape index (κ2) is 18.7. The molecule has 0 radical (unpaired) electrons. The van der Waals surface area contributed by atoms with E-state index >= 15 is 13.2 Å². The molecule has 0 aliphatic heterocycles. The van der Waals surface area contributed by atoms with E-state index in [1.807, 2.05) is 10.6 Å². The first-order valence-electron chi connectivity index (χ1n) is 26.1. The molecular formula is C71H53F3N4. The van der Waals surface area contributed by atoms with Gasteiger partial charge in [0.1, 0.15) is 6.07 Å². The fourth-order valence-electron chi connectivity index (χ4n) is 12.2. The molecule has 0 N–H and O–H groups in total. The highest BCUT2D eigenvalue weighted by atomic mass is 19.4. The van der Waals surface area contributed by atoms with Crippen molar-refractivity contribution in [2.75, 3.05) is 0 Å². The van der Waals surface area contributed by atoms with Gasteiger partial charge in [0.25, 0.3) is 0 Å². The third kappa shape index (κ3) is 8.68. The average molecular weight is 1020 g/mol. The molecular weight excluding hydrogens is 966 g/mol. The first kappa shape index (κ1) is 49.4. The smallest absolute Gasteiger partial charge is 0.309 e. The first-order valence-corrected chi connectivity index (χ1v) is 26.1. The van der Waals surface area contributed by atoms with Crippen LogP contribution in [0, 0.1) is 78.1 Å². The first-order chi connectivity index (χ1) is 37.4. The van der Waals surface area contributed by atoms with Gasteiger partial charge in [0.05, 0.1) is 56.2 Å². The van der Waals surface area contributed by atoms with E-state index in [1.54, 1.807) is 12.1 Å². The van der Waals surface area contributed by atoms with Crippen LogP contribution in [0.4, 0.5) is 13.2 Å². The van der Waals surface area contributed by atoms with Crippen molar-refractivity contribution in [3.63, 3.8) is 0 Å². The van der Waals surface area contributed by atoms with Crippen LogP contribution in [0.25, 0.3) is 111 Å². The summed E-state index contributed by atoms with van der Waals surface area (Å²) in [6.07, 6.45) is -4.87. The van der Waals surface area contributed by atoms with Gasteiger partial charge in [0.2, 0.25) is 0 Å². The third-order valence-corrected chi connectivity index (χ3v) is 15.2. The van der Waals surface area contributed by atoms with Crippen LogP contribution < -0.4 is 0 Å². The molecule has 4 nitrogen and oxygen atoms in total. The average Bonchev–Trinajstić information content (AvgIpc) is 4.01. The topological polar surface area (TPSA) is 57.4 Å². The van der Waals surface area contributed by atoms with E-state index in [9.17, 15) is 10.5 Å². The Balaban J connectivity index is 1.24. The van der Waals surface area contributed by atoms with E-state index in [-0.39, 0.29) is 22.3 Å². The fraction of sp³-hybridized carbons (Fsp3) is 0.127. The summed E-state index contributed by atoms with van der Waals surface area (Å²) in [4.78, 5) is 0. The van der Waals surface area contributed by atoms with E-state index in [2.05, 4.69) is 212 Å². The van der Waals surface area contributed by atoms with Gasteiger partial charge in [-0.05, 0) is 154 Å². The van der Waals surface area contributed by atoms with Crippen molar-refractivity contribution in [1.82, 2.24) is 9.13 Å². The summed E-state index contributed by atoms with van der Waals surface area (Å²) in [5, 5.41) is 25.4. The Bertz CT molecular complexity index is 4310. The summed E-state index contributed by atoms with van der Waals surface area (Å²) in [7, 11) is 0. The largest absolute Gasteiger partial charge is 0.417 e. The van der Waals surface area contributed by atoms with Crippen molar-refractivity contribution in [2.45, 2.75) is 61.6 Å². The van der Waals surface area contributed by atoms with E-state index < -0.39 is 11.7 Å². The summed E-state index contributed by atoms with van der Waals surface area (Å²) >= 11 is 0.